The first-order valence-electron chi connectivity index (χ1n) is 9.37. The normalized spacial score (nSPS) is 13.3. The largest absolute Gasteiger partial charge is 0.465 e. The van der Waals surface area contributed by atoms with Crippen LogP contribution in [0.5, 0.6) is 0 Å². The van der Waals surface area contributed by atoms with Crippen molar-refractivity contribution in [3.8, 4) is 0 Å². The van der Waals surface area contributed by atoms with Gasteiger partial charge in [0.05, 0.1) is 13.2 Å². The highest BCUT2D eigenvalue weighted by molar-refractivity contribution is 5.75. The number of rotatable bonds is 15. The van der Waals surface area contributed by atoms with E-state index in [0.29, 0.717) is 26.1 Å². The van der Waals surface area contributed by atoms with Crippen LogP contribution in [-0.4, -0.2) is 37.2 Å². The number of ether oxygens (including phenoxy) is 2. The van der Waals surface area contributed by atoms with Crippen molar-refractivity contribution in [3.63, 3.8) is 0 Å². The summed E-state index contributed by atoms with van der Waals surface area (Å²) >= 11 is 0. The van der Waals surface area contributed by atoms with Crippen molar-refractivity contribution in [2.24, 2.45) is 11.5 Å². The third kappa shape index (κ3) is 12.3. The van der Waals surface area contributed by atoms with Crippen LogP contribution in [0.4, 0.5) is 0 Å². The Morgan fingerprint density at radius 3 is 1.42 bits per heavy atom. The molecule has 0 rings (SSSR count). The summed E-state index contributed by atoms with van der Waals surface area (Å²) < 4.78 is 10.3. The van der Waals surface area contributed by atoms with Crippen LogP contribution >= 0.6 is 0 Å². The highest BCUT2D eigenvalue weighted by atomic mass is 16.5. The van der Waals surface area contributed by atoms with Gasteiger partial charge in [0.15, 0.2) is 0 Å². The van der Waals surface area contributed by atoms with Gasteiger partial charge in [-0.1, -0.05) is 39.5 Å². The lowest BCUT2D eigenvalue weighted by atomic mass is 10.1. The topological polar surface area (TPSA) is 105 Å². The average molecular weight is 344 g/mol. The summed E-state index contributed by atoms with van der Waals surface area (Å²) in [5.41, 5.74) is 11.5. The van der Waals surface area contributed by atoms with Crippen LogP contribution in [0.3, 0.4) is 0 Å². The van der Waals surface area contributed by atoms with Gasteiger partial charge in [-0.3, -0.25) is 9.59 Å². The van der Waals surface area contributed by atoms with Gasteiger partial charge in [-0.15, -0.1) is 0 Å². The molecule has 24 heavy (non-hydrogen) atoms. The molecule has 6 heteroatoms. The second kappa shape index (κ2) is 15.4. The molecular weight excluding hydrogens is 308 g/mol. The van der Waals surface area contributed by atoms with Crippen molar-refractivity contribution in [1.29, 1.82) is 0 Å². The fraction of sp³-hybridized carbons (Fsp3) is 0.889. The van der Waals surface area contributed by atoms with Crippen molar-refractivity contribution < 1.29 is 19.1 Å². The Labute approximate surface area is 146 Å². The molecule has 0 unspecified atom stereocenters. The molecule has 4 N–H and O–H groups in total. The van der Waals surface area contributed by atoms with Crippen molar-refractivity contribution in [2.75, 3.05) is 13.2 Å². The number of carbonyl (C=O) groups excluding carboxylic acids is 2. The van der Waals surface area contributed by atoms with Crippen LogP contribution in [0.25, 0.3) is 0 Å². The zero-order valence-corrected chi connectivity index (χ0v) is 15.4. The Kier molecular flexibility index (Phi) is 14.7. The maximum Gasteiger partial charge on any atom is 0.322 e. The highest BCUT2D eigenvalue weighted by Crippen LogP contribution is 2.05. The molecule has 0 amide bonds. The van der Waals surface area contributed by atoms with Crippen molar-refractivity contribution in [1.82, 2.24) is 0 Å². The van der Waals surface area contributed by atoms with Gasteiger partial charge in [-0.05, 0) is 38.5 Å². The van der Waals surface area contributed by atoms with E-state index in [2.05, 4.69) is 13.8 Å². The van der Waals surface area contributed by atoms with E-state index in [-0.39, 0.29) is 11.9 Å². The Morgan fingerprint density at radius 1 is 0.708 bits per heavy atom. The molecule has 2 atom stereocenters. The second-order valence-corrected chi connectivity index (χ2v) is 6.25. The second-order valence-electron chi connectivity index (χ2n) is 6.25. The smallest absolute Gasteiger partial charge is 0.322 e. The fourth-order valence-electron chi connectivity index (χ4n) is 2.20. The Morgan fingerprint density at radius 2 is 1.08 bits per heavy atom. The lowest BCUT2D eigenvalue weighted by Gasteiger charge is -2.11. The summed E-state index contributed by atoms with van der Waals surface area (Å²) in [6.45, 7) is 4.93. The lowest BCUT2D eigenvalue weighted by Crippen LogP contribution is -2.32. The molecule has 0 heterocycles. The van der Waals surface area contributed by atoms with Crippen LogP contribution < -0.4 is 11.5 Å². The van der Waals surface area contributed by atoms with E-state index in [1.54, 1.807) is 0 Å². The zero-order valence-electron chi connectivity index (χ0n) is 15.4. The predicted molar refractivity (Wildman–Crippen MR) is 95.4 cm³/mol. The summed E-state index contributed by atoms with van der Waals surface area (Å²) in [5.74, 6) is -0.614. The molecule has 0 radical (unpaired) electrons. The van der Waals surface area contributed by atoms with E-state index in [1.807, 2.05) is 0 Å². The molecule has 0 aromatic rings. The average Bonchev–Trinajstić information content (AvgIpc) is 2.59. The SMILES string of the molecule is CCCC[C@H](N)C(=O)OCCCCCCOC(=O)[C@@H](N)CCCC. The molecule has 0 fully saturated rings. The third-order valence-corrected chi connectivity index (χ3v) is 3.87. The summed E-state index contributed by atoms with van der Waals surface area (Å²) in [6, 6.07) is -0.998. The fourth-order valence-corrected chi connectivity index (χ4v) is 2.20. The molecular formula is C18H36N2O4. The molecule has 0 bridgehead atoms. The van der Waals surface area contributed by atoms with Crippen molar-refractivity contribution in [3.05, 3.63) is 0 Å². The Hall–Kier alpha value is -1.14. The standard InChI is InChI=1S/C18H36N2O4/c1-3-5-11-15(19)17(21)23-13-9-7-8-10-14-24-18(22)16(20)12-6-4-2/h15-16H,3-14,19-20H2,1-2H3/t15-,16-/m0/s1. The molecule has 0 aliphatic carbocycles. The minimum Gasteiger partial charge on any atom is -0.465 e. The van der Waals surface area contributed by atoms with E-state index in [9.17, 15) is 9.59 Å². The minimum absolute atomic E-state index is 0.307. The lowest BCUT2D eigenvalue weighted by molar-refractivity contribution is -0.146. The van der Waals surface area contributed by atoms with Crippen LogP contribution in [0, 0.1) is 0 Å². The van der Waals surface area contributed by atoms with Gasteiger partial charge in [0.2, 0.25) is 0 Å². The van der Waals surface area contributed by atoms with E-state index in [0.717, 1.165) is 51.4 Å². The van der Waals surface area contributed by atoms with Gasteiger partial charge in [0.1, 0.15) is 12.1 Å². The highest BCUT2D eigenvalue weighted by Gasteiger charge is 2.14. The van der Waals surface area contributed by atoms with Crippen LogP contribution in [0.15, 0.2) is 0 Å². The van der Waals surface area contributed by atoms with E-state index < -0.39 is 12.1 Å². The van der Waals surface area contributed by atoms with Crippen LogP contribution in [-0.2, 0) is 19.1 Å². The molecule has 0 spiro atoms. The number of nitrogens with two attached hydrogens (primary N) is 2. The van der Waals surface area contributed by atoms with Crippen molar-refractivity contribution in [2.45, 2.75) is 90.1 Å². The molecule has 0 saturated carbocycles. The summed E-state index contributed by atoms with van der Waals surface area (Å²) in [6.07, 6.45) is 8.75. The number of unbranched alkanes of at least 4 members (excludes halogenated alkanes) is 5. The molecule has 0 aromatic carbocycles. The maximum atomic E-state index is 11.6. The summed E-state index contributed by atoms with van der Waals surface area (Å²) in [4.78, 5) is 23.2. The summed E-state index contributed by atoms with van der Waals surface area (Å²) in [7, 11) is 0. The number of esters is 2. The number of hydrogen-bond donors (Lipinski definition) is 2. The predicted octanol–water partition coefficient (Wildman–Crippen LogP) is 2.67. The Bertz CT molecular complexity index is 305. The van der Waals surface area contributed by atoms with Crippen LogP contribution in [0.2, 0.25) is 0 Å². The molecule has 0 saturated heterocycles. The van der Waals surface area contributed by atoms with Gasteiger partial charge >= 0.3 is 11.9 Å². The molecule has 6 nitrogen and oxygen atoms in total. The van der Waals surface area contributed by atoms with E-state index in [4.69, 9.17) is 20.9 Å². The van der Waals surface area contributed by atoms with Gasteiger partial charge in [-0.25, -0.2) is 0 Å². The minimum atomic E-state index is -0.499. The first-order valence-corrected chi connectivity index (χ1v) is 9.37. The van der Waals surface area contributed by atoms with E-state index >= 15 is 0 Å². The molecule has 0 aliphatic rings. The first kappa shape index (κ1) is 22.9. The van der Waals surface area contributed by atoms with Gasteiger partial charge in [0, 0.05) is 0 Å². The van der Waals surface area contributed by atoms with Crippen LogP contribution in [0.1, 0.15) is 78.1 Å². The number of hydrogen-bond acceptors (Lipinski definition) is 6. The van der Waals surface area contributed by atoms with E-state index in [1.165, 1.54) is 0 Å². The zero-order chi connectivity index (χ0) is 18.2. The maximum absolute atomic E-state index is 11.6. The molecule has 0 aliphatic heterocycles. The summed E-state index contributed by atoms with van der Waals surface area (Å²) in [5, 5.41) is 0. The monoisotopic (exact) mass is 344 g/mol. The van der Waals surface area contributed by atoms with Gasteiger partial charge in [-0.2, -0.15) is 0 Å². The number of carbonyl (C=O) groups is 2. The van der Waals surface area contributed by atoms with Crippen molar-refractivity contribution >= 4 is 11.9 Å². The molecule has 0 aromatic heterocycles. The third-order valence-electron chi connectivity index (χ3n) is 3.87. The van der Waals surface area contributed by atoms with Gasteiger partial charge in [0.25, 0.3) is 0 Å². The molecule has 142 valence electrons. The van der Waals surface area contributed by atoms with Gasteiger partial charge < -0.3 is 20.9 Å². The quantitative estimate of drug-likeness (QED) is 0.349. The Balaban J connectivity index is 3.48. The first-order chi connectivity index (χ1) is 11.5.